The number of anilines is 1. The van der Waals surface area contributed by atoms with E-state index in [1.807, 2.05) is 0 Å². The Hall–Kier alpha value is -1.66. The largest absolute Gasteiger partial charge is 0.733 e. The van der Waals surface area contributed by atoms with E-state index in [4.69, 9.17) is 5.21 Å². The van der Waals surface area contributed by atoms with E-state index in [0.29, 0.717) is 0 Å². The summed E-state index contributed by atoms with van der Waals surface area (Å²) in [5.74, 6) is -1.59. The minimum absolute atomic E-state index is 0.329. The first-order chi connectivity index (χ1) is 6.56. The predicted molar refractivity (Wildman–Crippen MR) is 45.4 cm³/mol. The highest BCUT2D eigenvalue weighted by atomic mass is 19.1. The van der Waals surface area contributed by atoms with Crippen molar-refractivity contribution in [2.75, 3.05) is 12.3 Å². The van der Waals surface area contributed by atoms with Crippen LogP contribution in [0.5, 0.6) is 0 Å². The van der Waals surface area contributed by atoms with Crippen LogP contribution in [-0.4, -0.2) is 18.3 Å². The quantitative estimate of drug-likeness (QED) is 0.575. The normalized spacial score (nSPS) is 9.71. The number of carbonyl (C=O) groups is 1. The summed E-state index contributed by atoms with van der Waals surface area (Å²) in [6, 6.07) is 2.74. The molecule has 0 aliphatic rings. The maximum atomic E-state index is 12.7. The summed E-state index contributed by atoms with van der Waals surface area (Å²) in [5, 5.41) is 18.6. The predicted octanol–water partition coefficient (Wildman–Crippen LogP) is 1.31. The van der Waals surface area contributed by atoms with Crippen molar-refractivity contribution >= 4 is 11.7 Å². The lowest BCUT2D eigenvalue weighted by molar-refractivity contribution is 0.0599. The zero-order chi connectivity index (χ0) is 10.7. The minimum atomic E-state index is -0.894. The van der Waals surface area contributed by atoms with E-state index in [9.17, 15) is 14.4 Å². The van der Waals surface area contributed by atoms with Gasteiger partial charge in [0.15, 0.2) is 0 Å². The maximum Gasteiger partial charge on any atom is 0.340 e. The molecule has 0 saturated carbocycles. The van der Waals surface area contributed by atoms with Crippen molar-refractivity contribution in [1.82, 2.24) is 0 Å². The lowest BCUT2D eigenvalue weighted by Gasteiger charge is -2.23. The van der Waals surface area contributed by atoms with Crippen molar-refractivity contribution in [3.05, 3.63) is 34.8 Å². The third kappa shape index (κ3) is 1.98. The van der Waals surface area contributed by atoms with Crippen LogP contribution in [0.15, 0.2) is 18.2 Å². The molecular weight excluding hydrogens is 193 g/mol. The van der Waals surface area contributed by atoms with Gasteiger partial charge in [-0.3, -0.25) is 5.21 Å². The lowest BCUT2D eigenvalue weighted by Crippen LogP contribution is -2.14. The van der Waals surface area contributed by atoms with Crippen LogP contribution in [-0.2, 0) is 4.74 Å². The highest BCUT2D eigenvalue weighted by molar-refractivity contribution is 5.95. The Bertz CT molecular complexity index is 353. The van der Waals surface area contributed by atoms with Gasteiger partial charge in [0, 0.05) is 0 Å². The molecule has 0 aromatic heterocycles. The van der Waals surface area contributed by atoms with Crippen LogP contribution in [0.25, 0.3) is 0 Å². The SMILES string of the molecule is COC(=O)c1cc(F)ccc1N([O-])O. The lowest BCUT2D eigenvalue weighted by atomic mass is 10.2. The van der Waals surface area contributed by atoms with Crippen LogP contribution in [0, 0.1) is 11.0 Å². The molecule has 1 aromatic rings. The number of carbonyl (C=O) groups excluding carboxylic acids is 1. The second-order valence-corrected chi connectivity index (χ2v) is 2.43. The van der Waals surface area contributed by atoms with Gasteiger partial charge in [-0.05, 0) is 18.2 Å². The second-order valence-electron chi connectivity index (χ2n) is 2.43. The molecule has 5 nitrogen and oxygen atoms in total. The van der Waals surface area contributed by atoms with Crippen LogP contribution in [0.2, 0.25) is 0 Å². The molecule has 0 aliphatic carbocycles. The van der Waals surface area contributed by atoms with Gasteiger partial charge < -0.3 is 15.2 Å². The van der Waals surface area contributed by atoms with Gasteiger partial charge >= 0.3 is 5.97 Å². The summed E-state index contributed by atoms with van der Waals surface area (Å²) >= 11 is 0. The van der Waals surface area contributed by atoms with Crippen LogP contribution < -0.4 is 5.23 Å². The molecular formula is C8H7FNO4-. The van der Waals surface area contributed by atoms with Gasteiger partial charge in [0.05, 0.1) is 18.4 Å². The molecule has 0 unspecified atom stereocenters. The summed E-state index contributed by atoms with van der Waals surface area (Å²) < 4.78 is 17.0. The second kappa shape index (κ2) is 4.03. The Kier molecular flexibility index (Phi) is 3.00. The van der Waals surface area contributed by atoms with Crippen LogP contribution in [0.3, 0.4) is 0 Å². The monoisotopic (exact) mass is 200 g/mol. The number of ether oxygens (including phenoxy) is 1. The van der Waals surface area contributed by atoms with Gasteiger partial charge in [0.25, 0.3) is 0 Å². The van der Waals surface area contributed by atoms with E-state index in [1.165, 1.54) is 0 Å². The average molecular weight is 200 g/mol. The van der Waals surface area contributed by atoms with Crippen molar-refractivity contribution in [3.8, 4) is 0 Å². The molecule has 1 aromatic carbocycles. The first kappa shape index (κ1) is 10.4. The average Bonchev–Trinajstić information content (AvgIpc) is 2.16. The summed E-state index contributed by atoms with van der Waals surface area (Å²) in [7, 11) is 1.09. The Morgan fingerprint density at radius 2 is 2.29 bits per heavy atom. The fraction of sp³-hybridized carbons (Fsp3) is 0.125. The molecule has 0 aliphatic heterocycles. The van der Waals surface area contributed by atoms with Crippen molar-refractivity contribution in [2.45, 2.75) is 0 Å². The molecule has 1 rings (SSSR count). The molecule has 1 N–H and O–H groups in total. The van der Waals surface area contributed by atoms with Crippen molar-refractivity contribution in [3.63, 3.8) is 0 Å². The van der Waals surface area contributed by atoms with Crippen molar-refractivity contribution in [1.29, 1.82) is 0 Å². The Balaban J connectivity index is 3.22. The van der Waals surface area contributed by atoms with E-state index < -0.39 is 17.0 Å². The first-order valence-corrected chi connectivity index (χ1v) is 3.60. The third-order valence-electron chi connectivity index (χ3n) is 1.57. The van der Waals surface area contributed by atoms with E-state index in [0.717, 1.165) is 25.3 Å². The fourth-order valence-electron chi connectivity index (χ4n) is 0.949. The van der Waals surface area contributed by atoms with Crippen LogP contribution >= 0.6 is 0 Å². The number of benzene rings is 1. The van der Waals surface area contributed by atoms with Crippen molar-refractivity contribution in [2.24, 2.45) is 0 Å². The summed E-state index contributed by atoms with van der Waals surface area (Å²) in [5.41, 5.74) is -0.691. The number of esters is 1. The summed E-state index contributed by atoms with van der Waals surface area (Å²) in [6.45, 7) is 0. The smallest absolute Gasteiger partial charge is 0.340 e. The third-order valence-corrected chi connectivity index (χ3v) is 1.57. The standard InChI is InChI=1S/C8H7FNO4/c1-14-8(11)6-4-5(9)2-3-7(6)10(12)13/h2-4,12H,1H3/q-1. The summed E-state index contributed by atoms with van der Waals surface area (Å²) in [6.07, 6.45) is 0. The fourth-order valence-corrected chi connectivity index (χ4v) is 0.949. The zero-order valence-electron chi connectivity index (χ0n) is 7.23. The molecule has 0 amide bonds. The molecule has 14 heavy (non-hydrogen) atoms. The van der Waals surface area contributed by atoms with Gasteiger partial charge in [-0.1, -0.05) is 0 Å². The van der Waals surface area contributed by atoms with E-state index in [1.54, 1.807) is 0 Å². The van der Waals surface area contributed by atoms with Gasteiger partial charge in [-0.15, -0.1) is 0 Å². The summed E-state index contributed by atoms with van der Waals surface area (Å²) in [4.78, 5) is 11.0. The highest BCUT2D eigenvalue weighted by Gasteiger charge is 2.13. The van der Waals surface area contributed by atoms with Gasteiger partial charge in [-0.25, -0.2) is 9.18 Å². The molecule has 0 atom stereocenters. The van der Waals surface area contributed by atoms with Gasteiger partial charge in [0.2, 0.25) is 0 Å². The highest BCUT2D eigenvalue weighted by Crippen LogP contribution is 2.20. The zero-order valence-corrected chi connectivity index (χ0v) is 7.23. The first-order valence-electron chi connectivity index (χ1n) is 3.60. The molecule has 6 heteroatoms. The number of halogens is 1. The topological polar surface area (TPSA) is 72.8 Å². The maximum absolute atomic E-state index is 12.7. The number of hydrogen-bond donors (Lipinski definition) is 1. The van der Waals surface area contributed by atoms with Crippen LogP contribution in [0.4, 0.5) is 10.1 Å². The Labute approximate surface area is 78.9 Å². The Morgan fingerprint density at radius 1 is 1.64 bits per heavy atom. The van der Waals surface area contributed by atoms with E-state index in [-0.39, 0.29) is 11.3 Å². The van der Waals surface area contributed by atoms with E-state index >= 15 is 0 Å². The Morgan fingerprint density at radius 3 is 2.79 bits per heavy atom. The van der Waals surface area contributed by atoms with Crippen molar-refractivity contribution < 1.29 is 19.1 Å². The molecule has 0 radical (unpaired) electrons. The number of hydrogen-bond acceptors (Lipinski definition) is 5. The molecule has 0 saturated heterocycles. The van der Waals surface area contributed by atoms with Gasteiger partial charge in [0.1, 0.15) is 5.82 Å². The molecule has 0 spiro atoms. The van der Waals surface area contributed by atoms with Gasteiger partial charge in [-0.2, -0.15) is 0 Å². The molecule has 0 bridgehead atoms. The molecule has 0 fully saturated rings. The van der Waals surface area contributed by atoms with E-state index in [2.05, 4.69) is 4.74 Å². The van der Waals surface area contributed by atoms with Crippen LogP contribution in [0.1, 0.15) is 10.4 Å². The number of rotatable bonds is 2. The molecule has 76 valence electrons. The number of nitrogens with zero attached hydrogens (tertiary/aromatic N) is 1. The number of methoxy groups -OCH3 is 1. The minimum Gasteiger partial charge on any atom is -0.733 e. The molecule has 0 heterocycles.